The van der Waals surface area contributed by atoms with Gasteiger partial charge in [0, 0.05) is 22.4 Å². The van der Waals surface area contributed by atoms with E-state index in [9.17, 15) is 5.21 Å². The monoisotopic (exact) mass is 353 g/mol. The van der Waals surface area contributed by atoms with Crippen molar-refractivity contribution < 1.29 is 4.73 Å². The van der Waals surface area contributed by atoms with Gasteiger partial charge in [-0.2, -0.15) is 4.73 Å². The van der Waals surface area contributed by atoms with E-state index in [-0.39, 0.29) is 0 Å². The third kappa shape index (κ3) is 2.32. The maximum absolute atomic E-state index is 12.7. The van der Waals surface area contributed by atoms with Crippen molar-refractivity contribution in [2.45, 2.75) is 13.8 Å². The van der Waals surface area contributed by atoms with E-state index in [2.05, 4.69) is 28.6 Å². The lowest BCUT2D eigenvalue weighted by Gasteiger charge is -2.16. The largest absolute Gasteiger partial charge is 0.618 e. The van der Waals surface area contributed by atoms with Gasteiger partial charge in [-0.3, -0.25) is 0 Å². The molecule has 1 aromatic heterocycles. The van der Waals surface area contributed by atoms with Crippen LogP contribution in [-0.2, 0) is 0 Å². The van der Waals surface area contributed by atoms with E-state index in [0.29, 0.717) is 11.4 Å². The van der Waals surface area contributed by atoms with Gasteiger partial charge in [0.25, 0.3) is 0 Å². The first-order valence-corrected chi connectivity index (χ1v) is 7.86. The fraction of sp³-hybridized carbons (Fsp3) is 0.105. The van der Waals surface area contributed by atoms with Crippen molar-refractivity contribution in [1.29, 1.82) is 0 Å². The summed E-state index contributed by atoms with van der Waals surface area (Å²) in [5.74, 6) is 0. The van der Waals surface area contributed by atoms with Crippen LogP contribution in [0.2, 0.25) is 0 Å². The summed E-state index contributed by atoms with van der Waals surface area (Å²) >= 11 is 3.46. The van der Waals surface area contributed by atoms with Crippen LogP contribution in [0.4, 0.5) is 0 Å². The molecular weight excluding hydrogens is 338 g/mol. The minimum absolute atomic E-state index is 0.638. The van der Waals surface area contributed by atoms with Crippen LogP contribution in [0.25, 0.3) is 27.5 Å². The number of fused-ring (bicyclic) bond motifs is 1. The summed E-state index contributed by atoms with van der Waals surface area (Å²) in [5, 5.41) is 14.8. The van der Waals surface area contributed by atoms with Crippen LogP contribution in [0.3, 0.4) is 0 Å². The molecule has 2 aromatic carbocycles. The molecule has 0 saturated heterocycles. The van der Waals surface area contributed by atoms with Crippen LogP contribution >= 0.6 is 15.9 Å². The molecule has 0 aliphatic rings. The van der Waals surface area contributed by atoms with Gasteiger partial charge in [0.05, 0.1) is 10.9 Å². The Kier molecular flexibility index (Phi) is 3.75. The summed E-state index contributed by atoms with van der Waals surface area (Å²) in [6.45, 7) is 7.74. The molecule has 0 radical (unpaired) electrons. The third-order valence-electron chi connectivity index (χ3n) is 3.87. The SMILES string of the molecule is C=C(C)c1c(-c2ccc(Br)cc2)c2ccccc2c(C)[n+]1[O-]. The maximum atomic E-state index is 12.7. The molecule has 0 amide bonds. The van der Waals surface area contributed by atoms with Crippen molar-refractivity contribution >= 4 is 32.3 Å². The summed E-state index contributed by atoms with van der Waals surface area (Å²) in [4.78, 5) is 0. The van der Waals surface area contributed by atoms with E-state index >= 15 is 0 Å². The Hall–Kier alpha value is -2.13. The molecule has 3 heteroatoms. The van der Waals surface area contributed by atoms with Crippen molar-refractivity contribution in [3.63, 3.8) is 0 Å². The highest BCUT2D eigenvalue weighted by Gasteiger charge is 2.22. The summed E-state index contributed by atoms with van der Waals surface area (Å²) < 4.78 is 2.02. The Morgan fingerprint density at radius 3 is 2.23 bits per heavy atom. The number of nitrogens with zero attached hydrogens (tertiary/aromatic N) is 1. The normalized spacial score (nSPS) is 10.9. The number of allylic oxidation sites excluding steroid dienone is 1. The molecule has 0 unspecified atom stereocenters. The summed E-state index contributed by atoms with van der Waals surface area (Å²) in [6, 6.07) is 16.0. The van der Waals surface area contributed by atoms with Gasteiger partial charge in [0.15, 0.2) is 5.69 Å². The van der Waals surface area contributed by atoms with Gasteiger partial charge in [-0.15, -0.1) is 0 Å². The standard InChI is InChI=1S/C19H16BrNO/c1-12(2)19-18(14-8-10-15(20)11-9-14)17-7-5-4-6-16(17)13(3)21(19)22/h4-11H,1H2,2-3H3. The molecular formula is C19H16BrNO. The van der Waals surface area contributed by atoms with Gasteiger partial charge in [-0.05, 0) is 30.7 Å². The van der Waals surface area contributed by atoms with E-state index in [0.717, 1.165) is 36.7 Å². The average molecular weight is 354 g/mol. The Morgan fingerprint density at radius 1 is 1.05 bits per heavy atom. The molecule has 3 aromatic rings. The number of hydrogen-bond acceptors (Lipinski definition) is 1. The molecule has 110 valence electrons. The number of halogens is 1. The fourth-order valence-electron chi connectivity index (χ4n) is 2.82. The predicted molar refractivity (Wildman–Crippen MR) is 95.5 cm³/mol. The minimum Gasteiger partial charge on any atom is -0.618 e. The van der Waals surface area contributed by atoms with E-state index < -0.39 is 0 Å². The summed E-state index contributed by atoms with van der Waals surface area (Å²) in [5.41, 5.74) is 4.06. The Bertz CT molecular complexity index is 882. The van der Waals surface area contributed by atoms with Crippen LogP contribution in [0.5, 0.6) is 0 Å². The second-order valence-corrected chi connectivity index (χ2v) is 6.35. The Balaban J connectivity index is 2.50. The van der Waals surface area contributed by atoms with Gasteiger partial charge in [0.1, 0.15) is 0 Å². The molecule has 1 heterocycles. The molecule has 0 N–H and O–H groups in total. The van der Waals surface area contributed by atoms with Gasteiger partial charge >= 0.3 is 0 Å². The third-order valence-corrected chi connectivity index (χ3v) is 4.40. The highest BCUT2D eigenvalue weighted by Crippen LogP contribution is 2.34. The second kappa shape index (κ2) is 5.58. The van der Waals surface area contributed by atoms with Gasteiger partial charge in [-0.25, -0.2) is 0 Å². The molecule has 0 aliphatic carbocycles. The van der Waals surface area contributed by atoms with Gasteiger partial charge in [-0.1, -0.05) is 52.8 Å². The average Bonchev–Trinajstić information content (AvgIpc) is 2.51. The first-order valence-electron chi connectivity index (χ1n) is 7.07. The number of aromatic nitrogens is 1. The lowest BCUT2D eigenvalue weighted by molar-refractivity contribution is -0.612. The number of hydrogen-bond donors (Lipinski definition) is 0. The van der Waals surface area contributed by atoms with E-state index in [4.69, 9.17) is 0 Å². The van der Waals surface area contributed by atoms with Gasteiger partial charge in [0.2, 0.25) is 5.69 Å². The number of benzene rings is 2. The summed E-state index contributed by atoms with van der Waals surface area (Å²) in [7, 11) is 0. The van der Waals surface area contributed by atoms with E-state index in [1.807, 2.05) is 56.3 Å². The zero-order valence-corrected chi connectivity index (χ0v) is 14.1. The summed E-state index contributed by atoms with van der Waals surface area (Å²) in [6.07, 6.45) is 0. The van der Waals surface area contributed by atoms with E-state index in [1.165, 1.54) is 0 Å². The van der Waals surface area contributed by atoms with Crippen LogP contribution in [0, 0.1) is 12.1 Å². The second-order valence-electron chi connectivity index (χ2n) is 5.44. The van der Waals surface area contributed by atoms with Crippen molar-refractivity contribution in [2.75, 3.05) is 0 Å². The maximum Gasteiger partial charge on any atom is 0.227 e. The van der Waals surface area contributed by atoms with Crippen LogP contribution in [-0.4, -0.2) is 0 Å². The first kappa shape index (κ1) is 14.8. The zero-order chi connectivity index (χ0) is 15.9. The molecule has 3 rings (SSSR count). The van der Waals surface area contributed by atoms with Crippen LogP contribution in [0.1, 0.15) is 18.3 Å². The highest BCUT2D eigenvalue weighted by molar-refractivity contribution is 9.10. The van der Waals surface area contributed by atoms with Crippen LogP contribution in [0.15, 0.2) is 59.6 Å². The minimum atomic E-state index is 0.638. The number of rotatable bonds is 2. The first-order chi connectivity index (χ1) is 10.5. The van der Waals surface area contributed by atoms with Gasteiger partial charge < -0.3 is 5.21 Å². The molecule has 22 heavy (non-hydrogen) atoms. The van der Waals surface area contributed by atoms with Crippen molar-refractivity contribution in [2.24, 2.45) is 0 Å². The lowest BCUT2D eigenvalue weighted by atomic mass is 9.94. The van der Waals surface area contributed by atoms with Crippen molar-refractivity contribution in [3.05, 3.63) is 76.2 Å². The molecule has 0 saturated carbocycles. The zero-order valence-electron chi connectivity index (χ0n) is 12.6. The molecule has 0 aliphatic heterocycles. The Morgan fingerprint density at radius 2 is 1.64 bits per heavy atom. The topological polar surface area (TPSA) is 26.9 Å². The fourth-order valence-corrected chi connectivity index (χ4v) is 3.08. The quantitative estimate of drug-likeness (QED) is 0.456. The van der Waals surface area contributed by atoms with Crippen LogP contribution < -0.4 is 4.73 Å². The predicted octanol–water partition coefficient (Wildman–Crippen LogP) is 5.24. The lowest BCUT2D eigenvalue weighted by Crippen LogP contribution is -2.35. The van der Waals surface area contributed by atoms with Crippen molar-refractivity contribution in [3.8, 4) is 11.1 Å². The van der Waals surface area contributed by atoms with E-state index in [1.54, 1.807) is 0 Å². The Labute approximate surface area is 138 Å². The van der Waals surface area contributed by atoms with Crippen molar-refractivity contribution in [1.82, 2.24) is 0 Å². The smallest absolute Gasteiger partial charge is 0.227 e. The molecule has 0 fully saturated rings. The number of aryl methyl sites for hydroxylation is 1. The highest BCUT2D eigenvalue weighted by atomic mass is 79.9. The molecule has 0 spiro atoms. The molecule has 2 nitrogen and oxygen atoms in total. The molecule has 0 atom stereocenters. The number of pyridine rings is 1. The molecule has 0 bridgehead atoms.